The number of carbonyl (C=O) groups is 1. The SMILES string of the molecule is CC(N)=[NH+]CCCC[C@H]([NH3+])C(=O)Nc1nn[nH]n1. The Morgan fingerprint density at radius 3 is 3.00 bits per heavy atom. The topological polar surface area (TPSA) is 151 Å². The number of aromatic amines is 1. The van der Waals surface area contributed by atoms with Crippen molar-refractivity contribution in [3.8, 4) is 0 Å². The highest BCUT2D eigenvalue weighted by atomic mass is 16.2. The smallest absolute Gasteiger partial charge is 0.284 e. The molecule has 0 bridgehead atoms. The van der Waals surface area contributed by atoms with E-state index >= 15 is 0 Å². The van der Waals surface area contributed by atoms with Gasteiger partial charge in [-0.3, -0.25) is 20.8 Å². The van der Waals surface area contributed by atoms with Crippen LogP contribution >= 0.6 is 0 Å². The van der Waals surface area contributed by atoms with Crippen LogP contribution in [0.25, 0.3) is 0 Å². The second kappa shape index (κ2) is 7.33. The van der Waals surface area contributed by atoms with E-state index in [-0.39, 0.29) is 17.9 Å². The molecule has 0 fully saturated rings. The van der Waals surface area contributed by atoms with Crippen LogP contribution in [-0.4, -0.2) is 45.0 Å². The van der Waals surface area contributed by atoms with Gasteiger partial charge < -0.3 is 5.73 Å². The minimum absolute atomic E-state index is 0.170. The monoisotopic (exact) mass is 256 g/mol. The van der Waals surface area contributed by atoms with Gasteiger partial charge in [-0.1, -0.05) is 5.10 Å². The van der Waals surface area contributed by atoms with E-state index in [4.69, 9.17) is 5.73 Å². The fourth-order valence-electron chi connectivity index (χ4n) is 1.36. The van der Waals surface area contributed by atoms with Crippen molar-refractivity contribution in [2.24, 2.45) is 5.73 Å². The Kier molecular flexibility index (Phi) is 5.71. The summed E-state index contributed by atoms with van der Waals surface area (Å²) in [6.07, 6.45) is 2.54. The third kappa shape index (κ3) is 5.34. The fraction of sp³-hybridized carbons (Fsp3) is 0.667. The van der Waals surface area contributed by atoms with Crippen molar-refractivity contribution in [3.63, 3.8) is 0 Å². The second-order valence-corrected chi connectivity index (χ2v) is 4.03. The van der Waals surface area contributed by atoms with Crippen molar-refractivity contribution in [2.75, 3.05) is 11.9 Å². The molecule has 100 valence electrons. The lowest BCUT2D eigenvalue weighted by molar-refractivity contribution is -0.459. The van der Waals surface area contributed by atoms with Gasteiger partial charge in [-0.15, -0.1) is 5.10 Å². The number of quaternary nitrogens is 1. The number of nitrogens with zero attached hydrogens (tertiary/aromatic N) is 3. The highest BCUT2D eigenvalue weighted by Crippen LogP contribution is 1.99. The van der Waals surface area contributed by atoms with E-state index in [9.17, 15) is 4.79 Å². The summed E-state index contributed by atoms with van der Waals surface area (Å²) in [6, 6.07) is -0.327. The van der Waals surface area contributed by atoms with Gasteiger partial charge in [0, 0.05) is 13.3 Å². The van der Waals surface area contributed by atoms with Crippen LogP contribution in [-0.2, 0) is 4.79 Å². The molecule has 1 heterocycles. The lowest BCUT2D eigenvalue weighted by Gasteiger charge is -2.06. The van der Waals surface area contributed by atoms with Gasteiger partial charge in [-0.25, -0.2) is 0 Å². The summed E-state index contributed by atoms with van der Waals surface area (Å²) >= 11 is 0. The first-order valence-corrected chi connectivity index (χ1v) is 5.80. The number of nitrogens with one attached hydrogen (secondary N) is 3. The highest BCUT2D eigenvalue weighted by Gasteiger charge is 2.18. The number of carbonyl (C=O) groups excluding carboxylic acids is 1. The maximum atomic E-state index is 11.6. The third-order valence-electron chi connectivity index (χ3n) is 2.33. The third-order valence-corrected chi connectivity index (χ3v) is 2.33. The van der Waals surface area contributed by atoms with Crippen molar-refractivity contribution in [1.82, 2.24) is 20.6 Å². The van der Waals surface area contributed by atoms with E-state index in [0.717, 1.165) is 19.4 Å². The number of aromatic nitrogens is 4. The molecule has 0 spiro atoms. The zero-order chi connectivity index (χ0) is 13.4. The highest BCUT2D eigenvalue weighted by molar-refractivity contribution is 5.91. The normalized spacial score (nSPS) is 13.3. The van der Waals surface area contributed by atoms with Crippen LogP contribution in [0.15, 0.2) is 0 Å². The molecule has 9 nitrogen and oxygen atoms in total. The van der Waals surface area contributed by atoms with Crippen molar-refractivity contribution in [1.29, 1.82) is 0 Å². The lowest BCUT2D eigenvalue weighted by Crippen LogP contribution is -2.74. The molecule has 0 aliphatic carbocycles. The average Bonchev–Trinajstić information content (AvgIpc) is 2.80. The number of hydrogen-bond acceptors (Lipinski definition) is 4. The molecule has 1 aromatic heterocycles. The number of tetrazole rings is 1. The van der Waals surface area contributed by atoms with Gasteiger partial charge in [0.15, 0.2) is 6.04 Å². The van der Waals surface area contributed by atoms with Crippen molar-refractivity contribution >= 4 is 17.7 Å². The Bertz CT molecular complexity index is 383. The number of nitrogens with two attached hydrogens (primary N) is 1. The summed E-state index contributed by atoms with van der Waals surface area (Å²) < 4.78 is 0. The maximum absolute atomic E-state index is 11.6. The molecular formula is C9H20N8O+2. The second-order valence-electron chi connectivity index (χ2n) is 4.03. The van der Waals surface area contributed by atoms with E-state index in [1.165, 1.54) is 0 Å². The largest absolute Gasteiger partial charge is 0.347 e. The van der Waals surface area contributed by atoms with Gasteiger partial charge in [0.05, 0.1) is 6.54 Å². The molecule has 0 aromatic carbocycles. The Hall–Kier alpha value is -2.03. The Balaban J connectivity index is 2.18. The van der Waals surface area contributed by atoms with E-state index in [0.29, 0.717) is 12.3 Å². The number of hydrogen-bond donors (Lipinski definition) is 5. The van der Waals surface area contributed by atoms with Crippen LogP contribution in [0.4, 0.5) is 5.95 Å². The summed E-state index contributed by atoms with van der Waals surface area (Å²) in [4.78, 5) is 14.7. The average molecular weight is 256 g/mol. The van der Waals surface area contributed by atoms with Gasteiger partial charge >= 0.3 is 0 Å². The number of amides is 1. The standard InChI is InChI=1S/C9H18N8O/c1-6(10)12-5-3-2-4-7(11)8(18)13-9-14-16-17-15-9/h7H,2-5,11H2,1H3,(H2,10,12)(H2,13,14,15,16,17,18)/p+2/t7-/m0/s1. The fourth-order valence-corrected chi connectivity index (χ4v) is 1.36. The number of unbranched alkanes of at least 4 members (excludes halogenated alkanes) is 1. The van der Waals surface area contributed by atoms with Crippen LogP contribution in [0, 0.1) is 0 Å². The summed E-state index contributed by atoms with van der Waals surface area (Å²) in [5, 5.41) is 15.4. The molecular weight excluding hydrogens is 236 g/mol. The molecule has 0 aliphatic heterocycles. The van der Waals surface area contributed by atoms with Crippen LogP contribution in [0.5, 0.6) is 0 Å². The van der Waals surface area contributed by atoms with Crippen LogP contribution in [0.2, 0.25) is 0 Å². The predicted octanol–water partition coefficient (Wildman–Crippen LogP) is -3.62. The summed E-state index contributed by atoms with van der Waals surface area (Å²) in [6.45, 7) is 2.62. The Morgan fingerprint density at radius 1 is 1.61 bits per heavy atom. The molecule has 0 aliphatic rings. The first kappa shape index (κ1) is 14.0. The molecule has 0 saturated heterocycles. The van der Waals surface area contributed by atoms with Crippen LogP contribution in [0.1, 0.15) is 26.2 Å². The molecule has 8 N–H and O–H groups in total. The molecule has 1 aromatic rings. The molecule has 0 unspecified atom stereocenters. The first-order chi connectivity index (χ1) is 8.59. The summed E-state index contributed by atoms with van der Waals surface area (Å²) in [7, 11) is 0. The van der Waals surface area contributed by atoms with Gasteiger partial charge in [0.2, 0.25) is 5.84 Å². The van der Waals surface area contributed by atoms with E-state index in [1.54, 1.807) is 0 Å². The minimum atomic E-state index is -0.327. The van der Waals surface area contributed by atoms with E-state index < -0.39 is 0 Å². The van der Waals surface area contributed by atoms with E-state index in [1.807, 2.05) is 6.92 Å². The Morgan fingerprint density at radius 2 is 2.39 bits per heavy atom. The van der Waals surface area contributed by atoms with Crippen molar-refractivity contribution in [3.05, 3.63) is 0 Å². The minimum Gasteiger partial charge on any atom is -0.347 e. The molecule has 18 heavy (non-hydrogen) atoms. The van der Waals surface area contributed by atoms with Gasteiger partial charge in [0.25, 0.3) is 11.9 Å². The molecule has 1 amide bonds. The Labute approximate surface area is 104 Å². The van der Waals surface area contributed by atoms with Gasteiger partial charge in [-0.2, -0.15) is 5.21 Å². The molecule has 1 rings (SSSR count). The summed E-state index contributed by atoms with van der Waals surface area (Å²) in [5.41, 5.74) is 9.27. The molecule has 0 saturated carbocycles. The van der Waals surface area contributed by atoms with Crippen LogP contribution in [0.3, 0.4) is 0 Å². The molecule has 0 radical (unpaired) electrons. The number of rotatable bonds is 7. The van der Waals surface area contributed by atoms with E-state index in [2.05, 4.69) is 36.7 Å². The predicted molar refractivity (Wildman–Crippen MR) is 64.0 cm³/mol. The number of H-pyrrole nitrogens is 1. The van der Waals surface area contributed by atoms with Crippen molar-refractivity contribution < 1.29 is 15.5 Å². The first-order valence-electron chi connectivity index (χ1n) is 5.80. The summed E-state index contributed by atoms with van der Waals surface area (Å²) in [5.74, 6) is 0.672. The molecule has 1 atom stereocenters. The number of amidine groups is 1. The quantitative estimate of drug-likeness (QED) is 0.194. The van der Waals surface area contributed by atoms with Crippen LogP contribution < -0.4 is 21.8 Å². The van der Waals surface area contributed by atoms with Crippen molar-refractivity contribution in [2.45, 2.75) is 32.2 Å². The maximum Gasteiger partial charge on any atom is 0.284 e. The zero-order valence-corrected chi connectivity index (χ0v) is 10.4. The van der Waals surface area contributed by atoms with Gasteiger partial charge in [-0.05, 0) is 18.1 Å². The lowest BCUT2D eigenvalue weighted by atomic mass is 10.1. The zero-order valence-electron chi connectivity index (χ0n) is 10.4. The number of anilines is 1. The molecule has 9 heteroatoms. The van der Waals surface area contributed by atoms with Gasteiger partial charge in [0.1, 0.15) is 0 Å².